The quantitative estimate of drug-likeness (QED) is 0.451. The minimum Gasteiger partial charge on any atom is -0.494 e. The number of methoxy groups -OCH3 is 1. The largest absolute Gasteiger partial charge is 0.494 e. The fourth-order valence-electron chi connectivity index (χ4n) is 0.853. The number of ether oxygens (including phenoxy) is 1. The number of nitrogens with zero attached hydrogens (tertiary/aromatic N) is 1. The van der Waals surface area contributed by atoms with E-state index < -0.39 is 4.92 Å². The zero-order valence-corrected chi connectivity index (χ0v) is 7.54. The topological polar surface area (TPSA) is 78.4 Å². The monoisotopic (exact) mass is 202 g/mol. The molecule has 2 N–H and O–H groups in total. The van der Waals surface area contributed by atoms with Crippen LogP contribution in [0.2, 0.25) is 5.02 Å². The number of hydrogen-bond donors (Lipinski definition) is 1. The van der Waals surface area contributed by atoms with Crippen LogP contribution in [0.4, 0.5) is 11.4 Å². The highest BCUT2D eigenvalue weighted by Crippen LogP contribution is 2.33. The predicted octanol–water partition coefficient (Wildman–Crippen LogP) is 1.84. The van der Waals surface area contributed by atoms with E-state index in [1.807, 2.05) is 0 Å². The summed E-state index contributed by atoms with van der Waals surface area (Å²) < 4.78 is 4.80. The molecule has 1 aromatic carbocycles. The molecule has 0 spiro atoms. The molecular formula is C7H7ClN2O3. The van der Waals surface area contributed by atoms with Crippen LogP contribution in [-0.2, 0) is 0 Å². The van der Waals surface area contributed by atoms with Crippen molar-refractivity contribution >= 4 is 23.0 Å². The molecule has 70 valence electrons. The first-order valence-corrected chi connectivity index (χ1v) is 3.71. The minimum absolute atomic E-state index is 0.117. The molecule has 0 saturated heterocycles. The number of nitrogens with two attached hydrogens (primary N) is 1. The molecule has 0 radical (unpaired) electrons. The molecule has 0 aliphatic carbocycles. The number of nitro benzene ring substituents is 1. The number of rotatable bonds is 2. The molecule has 0 heterocycles. The summed E-state index contributed by atoms with van der Waals surface area (Å²) in [6.45, 7) is 0. The average Bonchev–Trinajstić information content (AvgIpc) is 2.09. The number of anilines is 1. The molecule has 13 heavy (non-hydrogen) atoms. The Kier molecular flexibility index (Phi) is 2.57. The van der Waals surface area contributed by atoms with Gasteiger partial charge < -0.3 is 10.5 Å². The highest BCUT2D eigenvalue weighted by molar-refractivity contribution is 6.33. The second-order valence-electron chi connectivity index (χ2n) is 2.30. The molecular weight excluding hydrogens is 196 g/mol. The Bertz CT molecular complexity index is 354. The van der Waals surface area contributed by atoms with Crippen LogP contribution in [0.15, 0.2) is 12.1 Å². The molecule has 0 aromatic heterocycles. The lowest BCUT2D eigenvalue weighted by atomic mass is 10.2. The van der Waals surface area contributed by atoms with E-state index in [0.717, 1.165) is 0 Å². The maximum absolute atomic E-state index is 10.4. The highest BCUT2D eigenvalue weighted by Gasteiger charge is 2.13. The Morgan fingerprint density at radius 3 is 2.69 bits per heavy atom. The van der Waals surface area contributed by atoms with Gasteiger partial charge in [0.15, 0.2) is 0 Å². The van der Waals surface area contributed by atoms with Gasteiger partial charge in [0, 0.05) is 6.07 Å². The number of halogens is 1. The lowest BCUT2D eigenvalue weighted by molar-refractivity contribution is -0.384. The number of nitrogen functional groups attached to an aromatic ring is 1. The molecule has 0 amide bonds. The van der Waals surface area contributed by atoms with E-state index in [0.29, 0.717) is 0 Å². The van der Waals surface area contributed by atoms with Crippen molar-refractivity contribution in [2.75, 3.05) is 12.8 Å². The Morgan fingerprint density at radius 1 is 1.62 bits per heavy atom. The molecule has 0 saturated carbocycles. The van der Waals surface area contributed by atoms with E-state index in [4.69, 9.17) is 22.1 Å². The van der Waals surface area contributed by atoms with Crippen LogP contribution in [-0.4, -0.2) is 12.0 Å². The Balaban J connectivity index is 3.30. The standard InChI is InChI=1S/C7H7ClN2O3/c1-13-6-3-4(10(11)12)2-5(8)7(6)9/h2-3H,9H2,1H3. The first kappa shape index (κ1) is 9.60. The van der Waals surface area contributed by atoms with E-state index >= 15 is 0 Å². The molecule has 0 aliphatic rings. The number of hydrogen-bond acceptors (Lipinski definition) is 4. The number of nitro groups is 1. The molecule has 0 unspecified atom stereocenters. The van der Waals surface area contributed by atoms with Gasteiger partial charge in [0.2, 0.25) is 0 Å². The summed E-state index contributed by atoms with van der Waals surface area (Å²) in [4.78, 5) is 9.82. The van der Waals surface area contributed by atoms with Crippen molar-refractivity contribution in [3.63, 3.8) is 0 Å². The van der Waals surface area contributed by atoms with Crippen LogP contribution >= 0.6 is 11.6 Å². The van der Waals surface area contributed by atoms with Crippen molar-refractivity contribution in [2.24, 2.45) is 0 Å². The first-order valence-electron chi connectivity index (χ1n) is 3.33. The molecule has 0 atom stereocenters. The van der Waals surface area contributed by atoms with Crippen LogP contribution in [0, 0.1) is 10.1 Å². The maximum Gasteiger partial charge on any atom is 0.274 e. The van der Waals surface area contributed by atoms with Crippen molar-refractivity contribution in [2.45, 2.75) is 0 Å². The lowest BCUT2D eigenvalue weighted by Gasteiger charge is -2.04. The SMILES string of the molecule is COc1cc([N+](=O)[O-])cc(Cl)c1N. The molecule has 0 aliphatic heterocycles. The fourth-order valence-corrected chi connectivity index (χ4v) is 1.06. The van der Waals surface area contributed by atoms with Gasteiger partial charge in [0.1, 0.15) is 5.75 Å². The average molecular weight is 203 g/mol. The third kappa shape index (κ3) is 1.81. The lowest BCUT2D eigenvalue weighted by Crippen LogP contribution is -1.96. The van der Waals surface area contributed by atoms with Gasteiger partial charge >= 0.3 is 0 Å². The number of non-ortho nitro benzene ring substituents is 1. The fraction of sp³-hybridized carbons (Fsp3) is 0.143. The summed E-state index contributed by atoms with van der Waals surface area (Å²) in [5, 5.41) is 10.5. The second kappa shape index (κ2) is 3.49. The van der Waals surface area contributed by atoms with E-state index in [2.05, 4.69) is 0 Å². The summed E-state index contributed by atoms with van der Waals surface area (Å²) in [6, 6.07) is 2.40. The van der Waals surface area contributed by atoms with E-state index in [1.54, 1.807) is 0 Å². The normalized spacial score (nSPS) is 9.69. The maximum atomic E-state index is 10.4. The van der Waals surface area contributed by atoms with Gasteiger partial charge in [-0.25, -0.2) is 0 Å². The third-order valence-electron chi connectivity index (χ3n) is 1.51. The summed E-state index contributed by atoms with van der Waals surface area (Å²) >= 11 is 5.63. The molecule has 5 nitrogen and oxygen atoms in total. The van der Waals surface area contributed by atoms with Gasteiger partial charge in [-0.3, -0.25) is 10.1 Å². The first-order chi connectivity index (χ1) is 6.06. The van der Waals surface area contributed by atoms with Crippen molar-refractivity contribution in [1.82, 2.24) is 0 Å². The van der Waals surface area contributed by atoms with Gasteiger partial charge in [0.05, 0.1) is 28.8 Å². The van der Waals surface area contributed by atoms with E-state index in [-0.39, 0.29) is 22.1 Å². The Labute approximate surface area is 79.2 Å². The van der Waals surface area contributed by atoms with Crippen molar-refractivity contribution in [3.8, 4) is 5.75 Å². The van der Waals surface area contributed by atoms with Crippen molar-refractivity contribution in [1.29, 1.82) is 0 Å². The summed E-state index contributed by atoms with van der Waals surface area (Å²) in [5.41, 5.74) is 5.54. The van der Waals surface area contributed by atoms with Crippen LogP contribution in [0.1, 0.15) is 0 Å². The molecule has 1 aromatic rings. The zero-order valence-electron chi connectivity index (χ0n) is 6.78. The van der Waals surface area contributed by atoms with Gasteiger partial charge in [0.25, 0.3) is 5.69 Å². The molecule has 6 heteroatoms. The third-order valence-corrected chi connectivity index (χ3v) is 1.82. The van der Waals surface area contributed by atoms with Gasteiger partial charge in [-0.1, -0.05) is 11.6 Å². The summed E-state index contributed by atoms with van der Waals surface area (Å²) in [5.74, 6) is 0.208. The molecule has 0 bridgehead atoms. The Hall–Kier alpha value is -1.49. The van der Waals surface area contributed by atoms with Crippen LogP contribution < -0.4 is 10.5 Å². The van der Waals surface area contributed by atoms with E-state index in [1.165, 1.54) is 19.2 Å². The number of benzene rings is 1. The van der Waals surface area contributed by atoms with Crippen molar-refractivity contribution in [3.05, 3.63) is 27.3 Å². The van der Waals surface area contributed by atoms with Gasteiger partial charge in [-0.2, -0.15) is 0 Å². The second-order valence-corrected chi connectivity index (χ2v) is 2.71. The predicted molar refractivity (Wildman–Crippen MR) is 49.1 cm³/mol. The van der Waals surface area contributed by atoms with Crippen molar-refractivity contribution < 1.29 is 9.66 Å². The Morgan fingerprint density at radius 2 is 2.23 bits per heavy atom. The minimum atomic E-state index is -0.562. The van der Waals surface area contributed by atoms with Gasteiger partial charge in [-0.05, 0) is 0 Å². The molecule has 0 fully saturated rings. The van der Waals surface area contributed by atoms with Crippen LogP contribution in [0.5, 0.6) is 5.75 Å². The smallest absolute Gasteiger partial charge is 0.274 e. The highest BCUT2D eigenvalue weighted by atomic mass is 35.5. The van der Waals surface area contributed by atoms with Crippen LogP contribution in [0.3, 0.4) is 0 Å². The zero-order chi connectivity index (χ0) is 10.0. The van der Waals surface area contributed by atoms with E-state index in [9.17, 15) is 10.1 Å². The molecule has 1 rings (SSSR count). The van der Waals surface area contributed by atoms with Crippen LogP contribution in [0.25, 0.3) is 0 Å². The van der Waals surface area contributed by atoms with Gasteiger partial charge in [-0.15, -0.1) is 0 Å². The summed E-state index contributed by atoms with van der Waals surface area (Å²) in [6.07, 6.45) is 0. The summed E-state index contributed by atoms with van der Waals surface area (Å²) in [7, 11) is 1.37.